The molecule has 0 unspecified atom stereocenters. The van der Waals surface area contributed by atoms with E-state index in [2.05, 4.69) is 39.6 Å². The highest BCUT2D eigenvalue weighted by molar-refractivity contribution is 7.98. The van der Waals surface area contributed by atoms with Crippen molar-refractivity contribution >= 4 is 29.0 Å². The van der Waals surface area contributed by atoms with Gasteiger partial charge in [0.2, 0.25) is 5.01 Å². The normalized spacial score (nSPS) is 10.9. The monoisotopic (exact) mass is 439 g/mol. The van der Waals surface area contributed by atoms with Gasteiger partial charge in [-0.15, -0.1) is 10.2 Å². The third kappa shape index (κ3) is 4.92. The Morgan fingerprint density at radius 3 is 2.83 bits per heavy atom. The van der Waals surface area contributed by atoms with Gasteiger partial charge in [-0.3, -0.25) is 9.36 Å². The minimum Gasteiger partial charge on any atom is -0.346 e. The summed E-state index contributed by atoms with van der Waals surface area (Å²) in [5, 5.41) is 12.8. The minimum absolute atomic E-state index is 0.297. The maximum absolute atomic E-state index is 13.0. The maximum atomic E-state index is 13.0. The Kier molecular flexibility index (Phi) is 6.20. The van der Waals surface area contributed by atoms with Gasteiger partial charge in [-0.05, 0) is 42.3 Å². The van der Waals surface area contributed by atoms with E-state index in [0.717, 1.165) is 21.4 Å². The Morgan fingerprint density at radius 1 is 1.20 bits per heavy atom. The van der Waals surface area contributed by atoms with E-state index in [-0.39, 0.29) is 11.7 Å². The molecule has 0 spiro atoms. The van der Waals surface area contributed by atoms with Gasteiger partial charge in [-0.25, -0.2) is 9.37 Å². The predicted octanol–water partition coefficient (Wildman–Crippen LogP) is 4.39. The van der Waals surface area contributed by atoms with Crippen molar-refractivity contribution < 1.29 is 9.18 Å². The van der Waals surface area contributed by atoms with E-state index in [9.17, 15) is 9.18 Å². The molecule has 2 aromatic carbocycles. The van der Waals surface area contributed by atoms with E-state index in [4.69, 9.17) is 0 Å². The summed E-state index contributed by atoms with van der Waals surface area (Å²) in [5.74, 6) is -0.0418. The predicted molar refractivity (Wildman–Crippen MR) is 115 cm³/mol. The summed E-state index contributed by atoms with van der Waals surface area (Å²) in [6, 6.07) is 14.2. The second-order valence-electron chi connectivity index (χ2n) is 6.52. The first-order chi connectivity index (χ1) is 14.6. The molecule has 0 aliphatic carbocycles. The molecule has 0 bridgehead atoms. The van der Waals surface area contributed by atoms with Crippen LogP contribution in [0.2, 0.25) is 0 Å². The zero-order valence-corrected chi connectivity index (χ0v) is 17.7. The average molecular weight is 440 g/mol. The van der Waals surface area contributed by atoms with Gasteiger partial charge in [0.1, 0.15) is 10.8 Å². The fourth-order valence-corrected chi connectivity index (χ4v) is 4.48. The average Bonchev–Trinajstić information content (AvgIpc) is 3.41. The number of rotatable bonds is 7. The summed E-state index contributed by atoms with van der Waals surface area (Å²) in [7, 11) is 0. The van der Waals surface area contributed by atoms with Gasteiger partial charge in [0, 0.05) is 24.6 Å². The molecule has 1 amide bonds. The first-order valence-corrected chi connectivity index (χ1v) is 11.0. The Labute approximate surface area is 181 Å². The molecule has 4 aromatic rings. The van der Waals surface area contributed by atoms with Gasteiger partial charge in [-0.2, -0.15) is 0 Å². The number of nitrogens with one attached hydrogen (secondary N) is 1. The highest BCUT2D eigenvalue weighted by Crippen LogP contribution is 2.25. The van der Waals surface area contributed by atoms with Crippen LogP contribution in [-0.2, 0) is 12.3 Å². The van der Waals surface area contributed by atoms with Gasteiger partial charge < -0.3 is 5.32 Å². The number of benzene rings is 2. The Hall–Kier alpha value is -3.04. The Balaban J connectivity index is 1.36. The van der Waals surface area contributed by atoms with Crippen LogP contribution in [0.3, 0.4) is 0 Å². The number of halogens is 1. The summed E-state index contributed by atoms with van der Waals surface area (Å²) in [5.41, 5.74) is 3.04. The van der Waals surface area contributed by atoms with E-state index < -0.39 is 0 Å². The van der Waals surface area contributed by atoms with Crippen LogP contribution >= 0.6 is 23.1 Å². The van der Waals surface area contributed by atoms with Crippen molar-refractivity contribution in [1.82, 2.24) is 25.1 Å². The lowest BCUT2D eigenvalue weighted by Gasteiger charge is -2.07. The van der Waals surface area contributed by atoms with Crippen molar-refractivity contribution in [2.75, 3.05) is 0 Å². The highest BCUT2D eigenvalue weighted by atomic mass is 32.2. The van der Waals surface area contributed by atoms with E-state index in [1.165, 1.54) is 40.8 Å². The molecule has 2 aromatic heterocycles. The van der Waals surface area contributed by atoms with Crippen LogP contribution in [0.25, 0.3) is 5.69 Å². The number of imidazole rings is 1. The molecular weight excluding hydrogens is 421 g/mol. The van der Waals surface area contributed by atoms with Crippen LogP contribution in [0, 0.1) is 12.7 Å². The summed E-state index contributed by atoms with van der Waals surface area (Å²) < 4.78 is 15.0. The van der Waals surface area contributed by atoms with Crippen molar-refractivity contribution in [3.63, 3.8) is 0 Å². The largest absolute Gasteiger partial charge is 0.346 e. The van der Waals surface area contributed by atoms with Crippen molar-refractivity contribution in [3.05, 3.63) is 87.9 Å². The number of aryl methyl sites for hydroxylation is 1. The molecular formula is C21H18FN5OS2. The van der Waals surface area contributed by atoms with E-state index in [0.29, 0.717) is 17.3 Å². The minimum atomic E-state index is -0.306. The molecule has 0 radical (unpaired) electrons. The lowest BCUT2D eigenvalue weighted by molar-refractivity contribution is 0.0950. The van der Waals surface area contributed by atoms with Gasteiger partial charge in [0.05, 0.1) is 5.75 Å². The third-order valence-electron chi connectivity index (χ3n) is 4.24. The summed E-state index contributed by atoms with van der Waals surface area (Å²) in [6.07, 6.45) is 3.69. The van der Waals surface area contributed by atoms with E-state index in [1.54, 1.807) is 18.3 Å². The van der Waals surface area contributed by atoms with Gasteiger partial charge >= 0.3 is 0 Å². The second-order valence-corrected chi connectivity index (χ2v) is 8.52. The molecule has 4 rings (SSSR count). The van der Waals surface area contributed by atoms with Crippen LogP contribution in [0.1, 0.15) is 25.9 Å². The van der Waals surface area contributed by atoms with Gasteiger partial charge in [0.15, 0.2) is 5.16 Å². The molecule has 9 heteroatoms. The number of amides is 1. The molecule has 0 aliphatic rings. The molecule has 0 aliphatic heterocycles. The number of hydrogen-bond acceptors (Lipinski definition) is 6. The van der Waals surface area contributed by atoms with Crippen molar-refractivity contribution in [2.24, 2.45) is 0 Å². The summed E-state index contributed by atoms with van der Waals surface area (Å²) in [4.78, 5) is 16.7. The maximum Gasteiger partial charge on any atom is 0.282 e. The molecule has 6 nitrogen and oxygen atoms in total. The van der Waals surface area contributed by atoms with Crippen LogP contribution in [0.5, 0.6) is 0 Å². The lowest BCUT2D eigenvalue weighted by Crippen LogP contribution is -2.22. The fourth-order valence-electron chi connectivity index (χ4n) is 2.76. The molecule has 0 fully saturated rings. The van der Waals surface area contributed by atoms with Crippen LogP contribution in [0.15, 0.2) is 66.1 Å². The molecule has 30 heavy (non-hydrogen) atoms. The number of hydrogen-bond donors (Lipinski definition) is 1. The zero-order valence-electron chi connectivity index (χ0n) is 16.1. The SMILES string of the molecule is Cc1cccc(-n2ccnc2SCc2nnc(C(=O)NCc3ccc(F)cc3)s2)c1. The number of aromatic nitrogens is 4. The van der Waals surface area contributed by atoms with Gasteiger partial charge in [0.25, 0.3) is 5.91 Å². The number of carbonyl (C=O) groups is 1. The molecule has 2 heterocycles. The highest BCUT2D eigenvalue weighted by Gasteiger charge is 2.14. The van der Waals surface area contributed by atoms with Crippen LogP contribution < -0.4 is 5.32 Å². The van der Waals surface area contributed by atoms with Crippen molar-refractivity contribution in [3.8, 4) is 5.69 Å². The Bertz CT molecular complexity index is 1160. The topological polar surface area (TPSA) is 72.7 Å². The lowest BCUT2D eigenvalue weighted by atomic mass is 10.2. The standard InChI is InChI=1S/C21H18FN5OS2/c1-14-3-2-4-17(11-14)27-10-9-23-21(27)29-13-18-25-26-20(30-18)19(28)24-12-15-5-7-16(22)8-6-15/h2-11H,12-13H2,1H3,(H,24,28). The van der Waals surface area contributed by atoms with Crippen molar-refractivity contribution in [1.29, 1.82) is 0 Å². The molecule has 0 saturated carbocycles. The number of carbonyl (C=O) groups excluding carboxylic acids is 1. The zero-order chi connectivity index (χ0) is 20.9. The van der Waals surface area contributed by atoms with Crippen molar-refractivity contribution in [2.45, 2.75) is 24.4 Å². The second kappa shape index (κ2) is 9.19. The van der Waals surface area contributed by atoms with E-state index in [1.807, 2.05) is 22.9 Å². The molecule has 0 saturated heterocycles. The smallest absolute Gasteiger partial charge is 0.282 e. The number of thioether (sulfide) groups is 1. The first kappa shape index (κ1) is 20.2. The van der Waals surface area contributed by atoms with Gasteiger partial charge in [-0.1, -0.05) is 47.4 Å². The first-order valence-electron chi connectivity index (χ1n) is 9.17. The third-order valence-corrected chi connectivity index (χ3v) is 6.32. The fraction of sp³-hybridized carbons (Fsp3) is 0.143. The Morgan fingerprint density at radius 2 is 2.03 bits per heavy atom. The number of nitrogens with zero attached hydrogens (tertiary/aromatic N) is 4. The van der Waals surface area contributed by atoms with Crippen LogP contribution in [-0.4, -0.2) is 25.7 Å². The quantitative estimate of drug-likeness (QED) is 0.432. The van der Waals surface area contributed by atoms with E-state index >= 15 is 0 Å². The molecule has 152 valence electrons. The van der Waals surface area contributed by atoms with Crippen LogP contribution in [0.4, 0.5) is 4.39 Å². The summed E-state index contributed by atoms with van der Waals surface area (Å²) in [6.45, 7) is 2.36. The molecule has 0 atom stereocenters. The summed E-state index contributed by atoms with van der Waals surface area (Å²) >= 11 is 2.79. The molecule has 1 N–H and O–H groups in total.